The van der Waals surface area contributed by atoms with E-state index in [2.05, 4.69) is 36.1 Å². The normalized spacial score (nSPS) is 19.0. The third-order valence-electron chi connectivity index (χ3n) is 6.97. The number of quaternary nitrogens is 1. The van der Waals surface area contributed by atoms with Crippen LogP contribution in [0.2, 0.25) is 0 Å². The molecule has 0 radical (unpaired) electrons. The van der Waals surface area contributed by atoms with E-state index in [9.17, 15) is 4.79 Å². The van der Waals surface area contributed by atoms with Gasteiger partial charge in [-0.2, -0.15) is 5.10 Å². The van der Waals surface area contributed by atoms with E-state index in [4.69, 9.17) is 17.0 Å². The lowest BCUT2D eigenvalue weighted by Gasteiger charge is -2.33. The highest BCUT2D eigenvalue weighted by molar-refractivity contribution is 7.80. The molecule has 1 fully saturated rings. The number of ether oxygens (including phenoxy) is 1. The Morgan fingerprint density at radius 1 is 1.34 bits per heavy atom. The molecular formula is C23H34N5O2S2+. The van der Waals surface area contributed by atoms with Crippen molar-refractivity contribution in [2.75, 3.05) is 38.6 Å². The van der Waals surface area contributed by atoms with Crippen LogP contribution in [0.4, 0.5) is 5.00 Å². The minimum atomic E-state index is -0.265. The van der Waals surface area contributed by atoms with Crippen molar-refractivity contribution in [2.24, 2.45) is 13.0 Å². The standard InChI is InChI=1S/C23H33N5O2S2/c1-14-6-7-17-19(12-14)32-21(20(17)22(29)30-5)24-23(31)28-10-8-27(9-11-28)13-18-15(2)25-26(4)16(18)3/h14H,6-13H2,1-5H3,(H,24,31)/p+1/t14-/m1/s1. The predicted molar refractivity (Wildman–Crippen MR) is 132 cm³/mol. The lowest BCUT2D eigenvalue weighted by molar-refractivity contribution is -0.917. The van der Waals surface area contributed by atoms with Gasteiger partial charge in [-0.1, -0.05) is 6.92 Å². The van der Waals surface area contributed by atoms with Crippen molar-refractivity contribution < 1.29 is 14.4 Å². The van der Waals surface area contributed by atoms with Crippen LogP contribution >= 0.6 is 23.6 Å². The number of carbonyl (C=O) groups is 1. The average molecular weight is 477 g/mol. The van der Waals surface area contributed by atoms with Crippen molar-refractivity contribution in [3.05, 3.63) is 33.0 Å². The predicted octanol–water partition coefficient (Wildman–Crippen LogP) is 2.11. The first-order valence-electron chi connectivity index (χ1n) is 11.4. The van der Waals surface area contributed by atoms with Gasteiger partial charge in [0.2, 0.25) is 0 Å². The molecule has 4 rings (SSSR count). The number of nitrogens with zero attached hydrogens (tertiary/aromatic N) is 3. The number of anilines is 1. The highest BCUT2D eigenvalue weighted by Crippen LogP contribution is 2.40. The number of hydrogen-bond donors (Lipinski definition) is 2. The summed E-state index contributed by atoms with van der Waals surface area (Å²) in [5.74, 6) is 0.383. The van der Waals surface area contributed by atoms with E-state index in [1.54, 1.807) is 16.2 Å². The largest absolute Gasteiger partial charge is 0.465 e. The van der Waals surface area contributed by atoms with Gasteiger partial charge in [0.15, 0.2) is 5.11 Å². The summed E-state index contributed by atoms with van der Waals surface area (Å²) in [6.45, 7) is 11.4. The maximum Gasteiger partial charge on any atom is 0.341 e. The van der Waals surface area contributed by atoms with Crippen LogP contribution in [0.15, 0.2) is 0 Å². The lowest BCUT2D eigenvalue weighted by Crippen LogP contribution is -3.13. The van der Waals surface area contributed by atoms with E-state index in [0.717, 1.165) is 68.2 Å². The van der Waals surface area contributed by atoms with Crippen LogP contribution < -0.4 is 10.2 Å². The van der Waals surface area contributed by atoms with E-state index in [-0.39, 0.29) is 5.97 Å². The summed E-state index contributed by atoms with van der Waals surface area (Å²) < 4.78 is 7.08. The Hall–Kier alpha value is -1.97. The molecule has 7 nitrogen and oxygen atoms in total. The number of methoxy groups -OCH3 is 1. The summed E-state index contributed by atoms with van der Waals surface area (Å²) >= 11 is 7.43. The molecule has 32 heavy (non-hydrogen) atoms. The van der Waals surface area contributed by atoms with Crippen molar-refractivity contribution in [1.29, 1.82) is 0 Å². The van der Waals surface area contributed by atoms with Crippen molar-refractivity contribution >= 4 is 39.6 Å². The summed E-state index contributed by atoms with van der Waals surface area (Å²) in [4.78, 5) is 17.6. The molecule has 1 saturated heterocycles. The van der Waals surface area contributed by atoms with Crippen LogP contribution in [0.5, 0.6) is 0 Å². The Morgan fingerprint density at radius 2 is 2.06 bits per heavy atom. The molecule has 0 bridgehead atoms. The van der Waals surface area contributed by atoms with Gasteiger partial charge in [-0.3, -0.25) is 4.68 Å². The lowest BCUT2D eigenvalue weighted by atomic mass is 9.88. The second kappa shape index (κ2) is 9.49. The number of fused-ring (bicyclic) bond motifs is 1. The molecule has 1 atom stereocenters. The summed E-state index contributed by atoms with van der Waals surface area (Å²) in [7, 11) is 3.46. The second-order valence-electron chi connectivity index (χ2n) is 9.16. The molecular weight excluding hydrogens is 442 g/mol. The van der Waals surface area contributed by atoms with Gasteiger partial charge in [0.05, 0.1) is 44.5 Å². The van der Waals surface area contributed by atoms with Crippen LogP contribution in [0.3, 0.4) is 0 Å². The van der Waals surface area contributed by atoms with Crippen LogP contribution in [0, 0.1) is 19.8 Å². The highest BCUT2D eigenvalue weighted by atomic mass is 32.1. The molecule has 1 aliphatic heterocycles. The zero-order valence-corrected chi connectivity index (χ0v) is 21.3. The Kier molecular flexibility index (Phi) is 6.88. The Labute approximate surface area is 199 Å². The monoisotopic (exact) mass is 476 g/mol. The number of piperazine rings is 1. The van der Waals surface area contributed by atoms with Gasteiger partial charge in [-0.05, 0) is 56.8 Å². The fourth-order valence-corrected chi connectivity index (χ4v) is 6.61. The van der Waals surface area contributed by atoms with Gasteiger partial charge in [-0.15, -0.1) is 11.3 Å². The van der Waals surface area contributed by atoms with E-state index in [1.165, 1.54) is 23.2 Å². The van der Waals surface area contributed by atoms with Crippen molar-refractivity contribution in [3.8, 4) is 0 Å². The number of esters is 1. The fourth-order valence-electron chi connectivity index (χ4n) is 4.86. The van der Waals surface area contributed by atoms with Crippen molar-refractivity contribution in [3.63, 3.8) is 0 Å². The molecule has 2 N–H and O–H groups in total. The molecule has 1 aliphatic carbocycles. The highest BCUT2D eigenvalue weighted by Gasteiger charge is 2.30. The zero-order chi connectivity index (χ0) is 23.0. The smallest absolute Gasteiger partial charge is 0.341 e. The number of nitrogens with one attached hydrogen (secondary N) is 2. The molecule has 174 valence electrons. The van der Waals surface area contributed by atoms with Gasteiger partial charge >= 0.3 is 5.97 Å². The first-order chi connectivity index (χ1) is 15.3. The molecule has 0 spiro atoms. The summed E-state index contributed by atoms with van der Waals surface area (Å²) in [5, 5.41) is 9.51. The average Bonchev–Trinajstić information content (AvgIpc) is 3.24. The molecule has 0 amide bonds. The first kappa shape index (κ1) is 23.2. The van der Waals surface area contributed by atoms with Gasteiger partial charge in [0.25, 0.3) is 0 Å². The minimum absolute atomic E-state index is 0.265. The molecule has 0 unspecified atom stereocenters. The Balaban J connectivity index is 1.41. The quantitative estimate of drug-likeness (QED) is 0.521. The fraction of sp³-hybridized carbons (Fsp3) is 0.609. The molecule has 2 aromatic heterocycles. The minimum Gasteiger partial charge on any atom is -0.465 e. The van der Waals surface area contributed by atoms with Crippen LogP contribution in [-0.4, -0.2) is 59.1 Å². The van der Waals surface area contributed by atoms with Gasteiger partial charge in [0.1, 0.15) is 11.5 Å². The summed E-state index contributed by atoms with van der Waals surface area (Å²) in [6.07, 6.45) is 3.06. The maximum atomic E-state index is 12.6. The van der Waals surface area contributed by atoms with E-state index in [0.29, 0.717) is 16.6 Å². The van der Waals surface area contributed by atoms with Crippen molar-refractivity contribution in [1.82, 2.24) is 14.7 Å². The number of carbonyl (C=O) groups excluding carboxylic acids is 1. The van der Waals surface area contributed by atoms with Crippen molar-refractivity contribution in [2.45, 2.75) is 46.6 Å². The number of aromatic nitrogens is 2. The van der Waals surface area contributed by atoms with Gasteiger partial charge in [-0.25, -0.2) is 4.79 Å². The molecule has 9 heteroatoms. The van der Waals surface area contributed by atoms with E-state index in [1.807, 2.05) is 11.7 Å². The molecule has 2 aliphatic rings. The molecule has 3 heterocycles. The number of thiophene rings is 1. The van der Waals surface area contributed by atoms with Gasteiger partial charge < -0.3 is 19.9 Å². The summed E-state index contributed by atoms with van der Waals surface area (Å²) in [5.41, 5.74) is 5.58. The Bertz CT molecular complexity index is 1020. The summed E-state index contributed by atoms with van der Waals surface area (Å²) in [6, 6.07) is 0. The molecule has 2 aromatic rings. The van der Waals surface area contributed by atoms with Crippen LogP contribution in [-0.2, 0) is 31.2 Å². The number of aryl methyl sites for hydroxylation is 2. The number of rotatable bonds is 4. The third kappa shape index (κ3) is 4.56. The molecule has 0 aromatic carbocycles. The second-order valence-corrected chi connectivity index (χ2v) is 10.7. The van der Waals surface area contributed by atoms with E-state index >= 15 is 0 Å². The first-order valence-corrected chi connectivity index (χ1v) is 12.6. The topological polar surface area (TPSA) is 63.8 Å². The maximum absolute atomic E-state index is 12.6. The SMILES string of the molecule is COC(=O)c1c(NC(=S)N2CC[NH+](Cc3c(C)nn(C)c3C)CC2)sc2c1CC[C@@H](C)C2. The number of hydrogen-bond acceptors (Lipinski definition) is 5. The van der Waals surface area contributed by atoms with Crippen LogP contribution in [0.25, 0.3) is 0 Å². The molecule has 0 saturated carbocycles. The zero-order valence-electron chi connectivity index (χ0n) is 19.7. The van der Waals surface area contributed by atoms with Crippen LogP contribution in [0.1, 0.15) is 51.1 Å². The van der Waals surface area contributed by atoms with E-state index < -0.39 is 0 Å². The Morgan fingerprint density at radius 3 is 2.69 bits per heavy atom. The number of thiocarbonyl (C=S) groups is 1. The van der Waals surface area contributed by atoms with Gasteiger partial charge in [0, 0.05) is 23.2 Å². The third-order valence-corrected chi connectivity index (χ3v) is 8.50.